The highest BCUT2D eigenvalue weighted by molar-refractivity contribution is 6.04. The number of hydrogen-bond donors (Lipinski definition) is 1. The van der Waals surface area contributed by atoms with Crippen molar-refractivity contribution < 1.29 is 9.21 Å². The van der Waals surface area contributed by atoms with Gasteiger partial charge in [-0.25, -0.2) is 4.68 Å². The monoisotopic (exact) mass is 325 g/mol. The lowest BCUT2D eigenvalue weighted by molar-refractivity contribution is 0.0932. The van der Waals surface area contributed by atoms with Gasteiger partial charge in [-0.3, -0.25) is 9.59 Å². The Morgan fingerprint density at radius 1 is 1.25 bits per heavy atom. The minimum absolute atomic E-state index is 0.0413. The average molecular weight is 325 g/mol. The summed E-state index contributed by atoms with van der Waals surface area (Å²) >= 11 is 0. The summed E-state index contributed by atoms with van der Waals surface area (Å²) in [4.78, 5) is 24.7. The number of carbonyl (C=O) groups excluding carboxylic acids is 1. The van der Waals surface area contributed by atoms with Crippen molar-refractivity contribution in [2.45, 2.75) is 25.8 Å². The third-order valence-electron chi connectivity index (χ3n) is 3.95. The number of furan rings is 1. The SMILES string of the molecule is C[C@H](CCc1ccco1)NC(=O)c1nn(C)c(=O)c2ccccc12. The second-order valence-corrected chi connectivity index (χ2v) is 5.82. The van der Waals surface area contributed by atoms with E-state index in [1.54, 1.807) is 37.6 Å². The molecule has 3 aromatic rings. The largest absolute Gasteiger partial charge is 0.469 e. The molecule has 124 valence electrons. The molecule has 0 unspecified atom stereocenters. The van der Waals surface area contributed by atoms with Crippen LogP contribution >= 0.6 is 0 Å². The van der Waals surface area contributed by atoms with Crippen LogP contribution in [0.15, 0.2) is 51.9 Å². The van der Waals surface area contributed by atoms with Gasteiger partial charge in [0.2, 0.25) is 0 Å². The van der Waals surface area contributed by atoms with Gasteiger partial charge >= 0.3 is 0 Å². The van der Waals surface area contributed by atoms with E-state index in [0.717, 1.165) is 18.6 Å². The van der Waals surface area contributed by atoms with Crippen LogP contribution in [0.2, 0.25) is 0 Å². The Bertz CT molecular complexity index is 913. The fourth-order valence-corrected chi connectivity index (χ4v) is 2.65. The maximum absolute atomic E-state index is 12.6. The molecule has 0 saturated heterocycles. The highest BCUT2D eigenvalue weighted by atomic mass is 16.3. The van der Waals surface area contributed by atoms with Crippen molar-refractivity contribution in [2.75, 3.05) is 0 Å². The first kappa shape index (κ1) is 16.0. The topological polar surface area (TPSA) is 77.1 Å². The molecule has 0 saturated carbocycles. The van der Waals surface area contributed by atoms with Crippen molar-refractivity contribution in [1.82, 2.24) is 15.1 Å². The Morgan fingerprint density at radius 3 is 2.71 bits per heavy atom. The summed E-state index contributed by atoms with van der Waals surface area (Å²) in [5.41, 5.74) is 0.0468. The summed E-state index contributed by atoms with van der Waals surface area (Å²) in [6.45, 7) is 1.94. The maximum atomic E-state index is 12.6. The second kappa shape index (κ2) is 6.70. The number of nitrogens with zero attached hydrogens (tertiary/aromatic N) is 2. The molecule has 0 aliphatic heterocycles. The van der Waals surface area contributed by atoms with Crippen LogP contribution in [0.5, 0.6) is 0 Å². The van der Waals surface area contributed by atoms with Crippen LogP contribution in [0, 0.1) is 0 Å². The fraction of sp³-hybridized carbons (Fsp3) is 0.278. The third-order valence-corrected chi connectivity index (χ3v) is 3.95. The molecule has 1 atom stereocenters. The van der Waals surface area contributed by atoms with Gasteiger partial charge < -0.3 is 9.73 Å². The van der Waals surface area contributed by atoms with Crippen LogP contribution in [-0.2, 0) is 13.5 Å². The van der Waals surface area contributed by atoms with E-state index in [4.69, 9.17) is 4.42 Å². The minimum atomic E-state index is -0.284. The molecule has 0 aliphatic rings. The lowest BCUT2D eigenvalue weighted by Crippen LogP contribution is -2.35. The van der Waals surface area contributed by atoms with Crippen molar-refractivity contribution in [3.8, 4) is 0 Å². The zero-order chi connectivity index (χ0) is 17.1. The van der Waals surface area contributed by atoms with Gasteiger partial charge in [0.1, 0.15) is 5.76 Å². The number of fused-ring (bicyclic) bond motifs is 1. The number of benzene rings is 1. The average Bonchev–Trinajstić information content (AvgIpc) is 3.10. The number of aryl methyl sites for hydroxylation is 2. The van der Waals surface area contributed by atoms with Gasteiger partial charge in [-0.1, -0.05) is 18.2 Å². The second-order valence-electron chi connectivity index (χ2n) is 5.82. The Kier molecular flexibility index (Phi) is 4.46. The summed E-state index contributed by atoms with van der Waals surface area (Å²) in [5, 5.41) is 8.13. The fourth-order valence-electron chi connectivity index (χ4n) is 2.65. The zero-order valence-electron chi connectivity index (χ0n) is 13.7. The molecule has 0 fully saturated rings. The molecule has 1 N–H and O–H groups in total. The molecule has 2 aromatic heterocycles. The summed E-state index contributed by atoms with van der Waals surface area (Å²) in [6, 6.07) is 10.7. The summed E-state index contributed by atoms with van der Waals surface area (Å²) in [5.74, 6) is 0.607. The molecular weight excluding hydrogens is 306 g/mol. The molecule has 24 heavy (non-hydrogen) atoms. The first-order chi connectivity index (χ1) is 11.6. The van der Waals surface area contributed by atoms with Crippen molar-refractivity contribution in [3.63, 3.8) is 0 Å². The van der Waals surface area contributed by atoms with Crippen molar-refractivity contribution in [1.29, 1.82) is 0 Å². The van der Waals surface area contributed by atoms with Crippen LogP contribution in [0.4, 0.5) is 0 Å². The smallest absolute Gasteiger partial charge is 0.274 e. The normalized spacial score (nSPS) is 12.2. The van der Waals surface area contributed by atoms with Crippen LogP contribution in [-0.4, -0.2) is 21.7 Å². The summed E-state index contributed by atoms with van der Waals surface area (Å²) in [7, 11) is 1.55. The summed E-state index contributed by atoms with van der Waals surface area (Å²) < 4.78 is 6.50. The number of hydrogen-bond acceptors (Lipinski definition) is 4. The predicted octanol–water partition coefficient (Wildman–Crippen LogP) is 2.28. The van der Waals surface area contributed by atoms with Gasteiger partial charge in [-0.05, 0) is 31.5 Å². The maximum Gasteiger partial charge on any atom is 0.274 e. The first-order valence-corrected chi connectivity index (χ1v) is 7.85. The Hall–Kier alpha value is -2.89. The number of carbonyl (C=O) groups is 1. The van der Waals surface area contributed by atoms with Crippen molar-refractivity contribution >= 4 is 16.7 Å². The predicted molar refractivity (Wildman–Crippen MR) is 90.9 cm³/mol. The zero-order valence-corrected chi connectivity index (χ0v) is 13.7. The standard InChI is InChI=1S/C18H19N3O3/c1-12(9-10-13-6-5-11-24-13)19-17(22)16-14-7-3-4-8-15(14)18(23)21(2)20-16/h3-8,11-12H,9-10H2,1-2H3,(H,19,22)/t12-/m1/s1. The van der Waals surface area contributed by atoms with E-state index < -0.39 is 0 Å². The van der Waals surface area contributed by atoms with E-state index in [9.17, 15) is 9.59 Å². The molecule has 1 amide bonds. The van der Waals surface area contributed by atoms with E-state index in [-0.39, 0.29) is 23.2 Å². The van der Waals surface area contributed by atoms with Gasteiger partial charge in [0.05, 0.1) is 11.6 Å². The van der Waals surface area contributed by atoms with E-state index in [1.807, 2.05) is 19.1 Å². The van der Waals surface area contributed by atoms with Crippen LogP contribution < -0.4 is 10.9 Å². The lowest BCUT2D eigenvalue weighted by atomic mass is 10.1. The number of amides is 1. The van der Waals surface area contributed by atoms with E-state index in [0.29, 0.717) is 10.8 Å². The number of nitrogens with one attached hydrogen (secondary N) is 1. The van der Waals surface area contributed by atoms with Gasteiger partial charge in [-0.15, -0.1) is 0 Å². The quantitative estimate of drug-likeness (QED) is 0.781. The first-order valence-electron chi connectivity index (χ1n) is 7.85. The van der Waals surface area contributed by atoms with E-state index in [1.165, 1.54) is 4.68 Å². The minimum Gasteiger partial charge on any atom is -0.469 e. The molecule has 0 spiro atoms. The molecule has 2 heterocycles. The van der Waals surface area contributed by atoms with Gasteiger partial charge in [0.25, 0.3) is 11.5 Å². The van der Waals surface area contributed by atoms with Gasteiger partial charge in [0, 0.05) is 24.9 Å². The van der Waals surface area contributed by atoms with Crippen LogP contribution in [0.3, 0.4) is 0 Å². The highest BCUT2D eigenvalue weighted by Gasteiger charge is 2.17. The Labute approximate surface area is 139 Å². The van der Waals surface area contributed by atoms with Crippen LogP contribution in [0.1, 0.15) is 29.6 Å². The number of aromatic nitrogens is 2. The molecule has 6 nitrogen and oxygen atoms in total. The third kappa shape index (κ3) is 3.22. The highest BCUT2D eigenvalue weighted by Crippen LogP contribution is 2.13. The lowest BCUT2D eigenvalue weighted by Gasteiger charge is -2.14. The Balaban J connectivity index is 1.78. The molecular formula is C18H19N3O3. The molecule has 1 aromatic carbocycles. The van der Waals surface area contributed by atoms with E-state index in [2.05, 4.69) is 10.4 Å². The van der Waals surface area contributed by atoms with Crippen molar-refractivity contribution in [2.24, 2.45) is 7.05 Å². The Morgan fingerprint density at radius 2 is 2.00 bits per heavy atom. The molecule has 0 radical (unpaired) electrons. The number of rotatable bonds is 5. The molecule has 6 heteroatoms. The van der Waals surface area contributed by atoms with E-state index >= 15 is 0 Å². The van der Waals surface area contributed by atoms with Crippen LogP contribution in [0.25, 0.3) is 10.8 Å². The van der Waals surface area contributed by atoms with Gasteiger partial charge in [-0.2, -0.15) is 5.10 Å². The summed E-state index contributed by atoms with van der Waals surface area (Å²) in [6.07, 6.45) is 3.14. The van der Waals surface area contributed by atoms with Gasteiger partial charge in [0.15, 0.2) is 5.69 Å². The van der Waals surface area contributed by atoms with Crippen molar-refractivity contribution in [3.05, 3.63) is 64.5 Å². The molecule has 0 aliphatic carbocycles. The molecule has 0 bridgehead atoms. The molecule has 3 rings (SSSR count).